The molecule has 18 heavy (non-hydrogen) atoms. The van der Waals surface area contributed by atoms with Crippen LogP contribution in [0.4, 0.5) is 11.4 Å². The summed E-state index contributed by atoms with van der Waals surface area (Å²) in [6, 6.07) is 0. The van der Waals surface area contributed by atoms with Crippen LogP contribution in [0.15, 0.2) is 6.20 Å². The SMILES string of the molecule is COc1c(N)c2c(c(O)c1OC)C=CN(O)N2O. The third kappa shape index (κ3) is 1.47. The molecule has 0 unspecified atom stereocenters. The number of hydrazine groups is 1. The first-order chi connectivity index (χ1) is 8.52. The summed E-state index contributed by atoms with van der Waals surface area (Å²) in [4.78, 5) is 0. The number of phenolic OH excluding ortho intramolecular Hbond substituents is 1. The molecule has 1 aromatic carbocycles. The van der Waals surface area contributed by atoms with E-state index in [1.54, 1.807) is 0 Å². The maximum Gasteiger partial charge on any atom is 0.206 e. The minimum atomic E-state index is -0.248. The maximum atomic E-state index is 10.0. The second-order valence-corrected chi connectivity index (χ2v) is 3.52. The third-order valence-electron chi connectivity index (χ3n) is 2.61. The molecule has 0 atom stereocenters. The summed E-state index contributed by atoms with van der Waals surface area (Å²) in [6.07, 6.45) is 2.50. The number of nitrogens with zero attached hydrogens (tertiary/aromatic N) is 2. The lowest BCUT2D eigenvalue weighted by Gasteiger charge is -2.30. The monoisotopic (exact) mass is 255 g/mol. The van der Waals surface area contributed by atoms with Crippen LogP contribution in [0.3, 0.4) is 0 Å². The molecule has 2 rings (SSSR count). The van der Waals surface area contributed by atoms with Crippen molar-refractivity contribution in [3.05, 3.63) is 11.8 Å². The number of hydrogen-bond donors (Lipinski definition) is 4. The molecule has 0 saturated heterocycles. The van der Waals surface area contributed by atoms with Gasteiger partial charge in [0.1, 0.15) is 11.4 Å². The van der Waals surface area contributed by atoms with Gasteiger partial charge >= 0.3 is 0 Å². The number of anilines is 2. The number of aromatic hydroxyl groups is 1. The molecule has 1 aliphatic heterocycles. The zero-order chi connectivity index (χ0) is 13.4. The summed E-state index contributed by atoms with van der Waals surface area (Å²) >= 11 is 0. The molecule has 8 heteroatoms. The first-order valence-electron chi connectivity index (χ1n) is 4.94. The zero-order valence-corrected chi connectivity index (χ0v) is 9.78. The number of phenols is 1. The van der Waals surface area contributed by atoms with Gasteiger partial charge in [-0.15, -0.1) is 10.3 Å². The van der Waals surface area contributed by atoms with Gasteiger partial charge in [0.05, 0.1) is 26.0 Å². The van der Waals surface area contributed by atoms with E-state index in [0.29, 0.717) is 10.3 Å². The molecule has 5 N–H and O–H groups in total. The molecule has 0 bridgehead atoms. The van der Waals surface area contributed by atoms with E-state index in [1.165, 1.54) is 20.3 Å². The first kappa shape index (κ1) is 12.1. The Labute approximate surface area is 103 Å². The normalized spacial score (nSPS) is 13.6. The van der Waals surface area contributed by atoms with Gasteiger partial charge < -0.3 is 20.3 Å². The number of benzene rings is 1. The maximum absolute atomic E-state index is 10.0. The fourth-order valence-corrected chi connectivity index (χ4v) is 1.79. The van der Waals surface area contributed by atoms with Crippen LogP contribution in [0.25, 0.3) is 6.08 Å². The average Bonchev–Trinajstić information content (AvgIpc) is 2.36. The Balaban J connectivity index is 2.79. The molecule has 1 heterocycles. The Morgan fingerprint density at radius 2 is 1.78 bits per heavy atom. The van der Waals surface area contributed by atoms with Crippen molar-refractivity contribution in [3.8, 4) is 17.2 Å². The second kappa shape index (κ2) is 4.17. The topological polar surface area (TPSA) is 112 Å². The number of nitrogens with two attached hydrogens (primary N) is 1. The van der Waals surface area contributed by atoms with Crippen LogP contribution >= 0.6 is 0 Å². The van der Waals surface area contributed by atoms with Crippen molar-refractivity contribution in [2.75, 3.05) is 25.1 Å². The van der Waals surface area contributed by atoms with Crippen molar-refractivity contribution in [1.82, 2.24) is 5.17 Å². The lowest BCUT2D eigenvalue weighted by Crippen LogP contribution is -2.36. The van der Waals surface area contributed by atoms with E-state index in [2.05, 4.69) is 0 Å². The number of nitrogen functional groups attached to an aromatic ring is 1. The van der Waals surface area contributed by atoms with Crippen LogP contribution in [0, 0.1) is 0 Å². The van der Waals surface area contributed by atoms with Crippen LogP contribution < -0.4 is 20.4 Å². The standard InChI is InChI=1S/C10H13N3O5/c1-17-9-6(11)7-5(8(14)10(9)18-2)3-4-12(15)13(7)16/h3-4,14-16H,11H2,1-2H3. The number of ether oxygens (including phenoxy) is 2. The van der Waals surface area contributed by atoms with E-state index in [0.717, 1.165) is 6.20 Å². The highest BCUT2D eigenvalue weighted by Gasteiger charge is 2.29. The molecular formula is C10H13N3O5. The summed E-state index contributed by atoms with van der Waals surface area (Å²) in [7, 11) is 2.70. The fourth-order valence-electron chi connectivity index (χ4n) is 1.79. The number of methoxy groups -OCH3 is 2. The van der Waals surface area contributed by atoms with E-state index in [-0.39, 0.29) is 34.2 Å². The van der Waals surface area contributed by atoms with Crippen LogP contribution in [-0.2, 0) is 0 Å². The Morgan fingerprint density at radius 1 is 1.17 bits per heavy atom. The molecule has 0 saturated carbocycles. The average molecular weight is 255 g/mol. The van der Waals surface area contributed by atoms with Gasteiger partial charge in [-0.3, -0.25) is 10.4 Å². The zero-order valence-electron chi connectivity index (χ0n) is 9.78. The minimum absolute atomic E-state index is 0.00449. The molecular weight excluding hydrogens is 242 g/mol. The molecule has 0 aromatic heterocycles. The van der Waals surface area contributed by atoms with Crippen LogP contribution in [0.5, 0.6) is 17.2 Å². The van der Waals surface area contributed by atoms with Crippen molar-refractivity contribution in [2.24, 2.45) is 0 Å². The van der Waals surface area contributed by atoms with Crippen molar-refractivity contribution < 1.29 is 25.0 Å². The van der Waals surface area contributed by atoms with Crippen molar-refractivity contribution >= 4 is 17.5 Å². The van der Waals surface area contributed by atoms with Gasteiger partial charge in [-0.05, 0) is 6.08 Å². The Kier molecular flexibility index (Phi) is 2.81. The smallest absolute Gasteiger partial charge is 0.206 e. The number of hydroxylamine groups is 1. The molecule has 0 amide bonds. The van der Waals surface area contributed by atoms with Gasteiger partial charge in [0.2, 0.25) is 5.75 Å². The van der Waals surface area contributed by atoms with Crippen molar-refractivity contribution in [3.63, 3.8) is 0 Å². The first-order valence-corrected chi connectivity index (χ1v) is 4.94. The summed E-state index contributed by atoms with van der Waals surface area (Å²) in [5.41, 5.74) is 6.05. The van der Waals surface area contributed by atoms with Crippen molar-refractivity contribution in [2.45, 2.75) is 0 Å². The second-order valence-electron chi connectivity index (χ2n) is 3.52. The van der Waals surface area contributed by atoms with E-state index >= 15 is 0 Å². The Morgan fingerprint density at radius 3 is 2.33 bits per heavy atom. The highest BCUT2D eigenvalue weighted by atomic mass is 16.7. The van der Waals surface area contributed by atoms with Gasteiger partial charge in [0, 0.05) is 0 Å². The van der Waals surface area contributed by atoms with Gasteiger partial charge in [-0.2, -0.15) is 0 Å². The summed E-state index contributed by atoms with van der Waals surface area (Å²) in [5.74, 6) is -0.128. The van der Waals surface area contributed by atoms with Crippen molar-refractivity contribution in [1.29, 1.82) is 0 Å². The molecule has 0 radical (unpaired) electrons. The predicted molar refractivity (Wildman–Crippen MR) is 62.5 cm³/mol. The van der Waals surface area contributed by atoms with E-state index in [9.17, 15) is 15.5 Å². The fraction of sp³-hybridized carbons (Fsp3) is 0.200. The van der Waals surface area contributed by atoms with Crippen LogP contribution in [-0.4, -0.2) is 34.9 Å². The van der Waals surface area contributed by atoms with Gasteiger partial charge in [0.15, 0.2) is 11.5 Å². The highest BCUT2D eigenvalue weighted by Crippen LogP contribution is 2.51. The predicted octanol–water partition coefficient (Wildman–Crippen LogP) is 0.778. The van der Waals surface area contributed by atoms with Gasteiger partial charge in [0.25, 0.3) is 0 Å². The summed E-state index contributed by atoms with van der Waals surface area (Å²) < 4.78 is 10.0. The lowest BCUT2D eigenvalue weighted by atomic mass is 10.1. The molecule has 0 fully saturated rings. The van der Waals surface area contributed by atoms with Gasteiger partial charge in [-0.1, -0.05) is 0 Å². The van der Waals surface area contributed by atoms with E-state index in [4.69, 9.17) is 15.2 Å². The number of fused-ring (bicyclic) bond motifs is 1. The highest BCUT2D eigenvalue weighted by molar-refractivity contribution is 5.90. The summed E-state index contributed by atoms with van der Waals surface area (Å²) in [5, 5.41) is 29.8. The van der Waals surface area contributed by atoms with Crippen LogP contribution in [0.1, 0.15) is 5.56 Å². The number of rotatable bonds is 2. The van der Waals surface area contributed by atoms with Gasteiger partial charge in [-0.25, -0.2) is 0 Å². The largest absolute Gasteiger partial charge is 0.504 e. The number of hydrogen-bond acceptors (Lipinski definition) is 8. The molecule has 8 nitrogen and oxygen atoms in total. The molecule has 0 spiro atoms. The molecule has 1 aromatic rings. The lowest BCUT2D eigenvalue weighted by molar-refractivity contribution is -0.122. The quantitative estimate of drug-likeness (QED) is 0.453. The van der Waals surface area contributed by atoms with Crippen LogP contribution in [0.2, 0.25) is 0 Å². The summed E-state index contributed by atoms with van der Waals surface area (Å²) in [6.45, 7) is 0. The molecule has 0 aliphatic carbocycles. The van der Waals surface area contributed by atoms with E-state index in [1.807, 2.05) is 0 Å². The third-order valence-corrected chi connectivity index (χ3v) is 2.61. The molecule has 98 valence electrons. The van der Waals surface area contributed by atoms with E-state index < -0.39 is 0 Å². The Bertz CT molecular complexity index is 517. The Hall–Kier alpha value is -2.32. The molecule has 1 aliphatic rings. The minimum Gasteiger partial charge on any atom is -0.504 e.